The highest BCUT2D eigenvalue weighted by atomic mass is 79.9. The van der Waals surface area contributed by atoms with E-state index in [1.807, 2.05) is 6.92 Å². The molecule has 1 heterocycles. The topological polar surface area (TPSA) is 21.3 Å². The van der Waals surface area contributed by atoms with Gasteiger partial charge < -0.3 is 10.1 Å². The van der Waals surface area contributed by atoms with Crippen molar-refractivity contribution in [2.24, 2.45) is 5.92 Å². The lowest BCUT2D eigenvalue weighted by atomic mass is 9.89. The van der Waals surface area contributed by atoms with Crippen LogP contribution in [0, 0.1) is 17.6 Å². The van der Waals surface area contributed by atoms with Gasteiger partial charge in [0.1, 0.15) is 11.6 Å². The van der Waals surface area contributed by atoms with E-state index < -0.39 is 11.6 Å². The highest BCUT2D eigenvalue weighted by Gasteiger charge is 2.26. The van der Waals surface area contributed by atoms with Crippen molar-refractivity contribution < 1.29 is 13.5 Å². The van der Waals surface area contributed by atoms with Gasteiger partial charge in [0.2, 0.25) is 0 Å². The Kier molecular flexibility index (Phi) is 5.93. The molecule has 2 rings (SSSR count). The fourth-order valence-electron chi connectivity index (χ4n) is 2.73. The Morgan fingerprint density at radius 2 is 2.25 bits per heavy atom. The van der Waals surface area contributed by atoms with Crippen molar-refractivity contribution in [3.63, 3.8) is 0 Å². The molecular weight excluding hydrogens is 328 g/mol. The molecule has 1 fully saturated rings. The highest BCUT2D eigenvalue weighted by Crippen LogP contribution is 2.26. The fourth-order valence-corrected chi connectivity index (χ4v) is 3.10. The van der Waals surface area contributed by atoms with Gasteiger partial charge in [0, 0.05) is 18.2 Å². The summed E-state index contributed by atoms with van der Waals surface area (Å²) < 4.78 is 33.8. The Bertz CT molecular complexity index is 450. The van der Waals surface area contributed by atoms with Crippen LogP contribution in [0.5, 0.6) is 0 Å². The zero-order valence-electron chi connectivity index (χ0n) is 11.6. The summed E-state index contributed by atoms with van der Waals surface area (Å²) >= 11 is 3.12. The lowest BCUT2D eigenvalue weighted by Crippen LogP contribution is -2.42. The largest absolute Gasteiger partial charge is 0.381 e. The number of halogens is 3. The molecule has 0 spiro atoms. The summed E-state index contributed by atoms with van der Waals surface area (Å²) in [5.74, 6) is -0.670. The number of nitrogens with one attached hydrogen (secondary N) is 1. The van der Waals surface area contributed by atoms with Gasteiger partial charge in [-0.3, -0.25) is 0 Å². The van der Waals surface area contributed by atoms with E-state index in [1.54, 1.807) is 0 Å². The summed E-state index contributed by atoms with van der Waals surface area (Å²) in [7, 11) is 0. The summed E-state index contributed by atoms with van der Waals surface area (Å²) in [5.41, 5.74) is 0.149. The van der Waals surface area contributed by atoms with Crippen LogP contribution in [-0.2, 0) is 11.2 Å². The first kappa shape index (κ1) is 15.9. The zero-order valence-corrected chi connectivity index (χ0v) is 13.2. The minimum absolute atomic E-state index is 0.0404. The first-order valence-electron chi connectivity index (χ1n) is 7.07. The van der Waals surface area contributed by atoms with E-state index in [-0.39, 0.29) is 11.6 Å². The van der Waals surface area contributed by atoms with E-state index >= 15 is 0 Å². The fraction of sp³-hybridized carbons (Fsp3) is 0.600. The third kappa shape index (κ3) is 3.77. The van der Waals surface area contributed by atoms with Crippen LogP contribution in [0.4, 0.5) is 8.78 Å². The summed E-state index contributed by atoms with van der Waals surface area (Å²) in [6, 6.07) is 2.75. The number of ether oxygens (including phenoxy) is 1. The summed E-state index contributed by atoms with van der Waals surface area (Å²) in [6.45, 7) is 4.23. The highest BCUT2D eigenvalue weighted by molar-refractivity contribution is 9.10. The molecule has 2 atom stereocenters. The molecule has 1 N–H and O–H groups in total. The van der Waals surface area contributed by atoms with Crippen LogP contribution in [0.25, 0.3) is 0 Å². The van der Waals surface area contributed by atoms with Gasteiger partial charge in [0.05, 0.1) is 11.1 Å². The SMILES string of the molecule is CCNC(Cc1c(F)ccc(Br)c1F)C1CCCOC1. The first-order valence-corrected chi connectivity index (χ1v) is 7.86. The Labute approximate surface area is 127 Å². The van der Waals surface area contributed by atoms with Gasteiger partial charge in [0.15, 0.2) is 0 Å². The van der Waals surface area contributed by atoms with E-state index in [4.69, 9.17) is 4.74 Å². The van der Waals surface area contributed by atoms with Gasteiger partial charge in [-0.15, -0.1) is 0 Å². The van der Waals surface area contributed by atoms with Crippen molar-refractivity contribution >= 4 is 15.9 Å². The molecule has 2 nitrogen and oxygen atoms in total. The van der Waals surface area contributed by atoms with Crippen molar-refractivity contribution in [3.05, 3.63) is 33.8 Å². The third-order valence-electron chi connectivity index (χ3n) is 3.79. The Balaban J connectivity index is 2.17. The maximum absolute atomic E-state index is 14.1. The Hall–Kier alpha value is -0.520. The molecule has 20 heavy (non-hydrogen) atoms. The lowest BCUT2D eigenvalue weighted by molar-refractivity contribution is 0.0393. The van der Waals surface area contributed by atoms with Crippen molar-refractivity contribution in [3.8, 4) is 0 Å². The number of rotatable bonds is 5. The third-order valence-corrected chi connectivity index (χ3v) is 4.41. The van der Waals surface area contributed by atoms with Crippen LogP contribution < -0.4 is 5.32 Å². The molecule has 1 saturated heterocycles. The van der Waals surface area contributed by atoms with Gasteiger partial charge in [-0.2, -0.15) is 0 Å². The van der Waals surface area contributed by atoms with Crippen molar-refractivity contribution in [1.82, 2.24) is 5.32 Å². The minimum atomic E-state index is -0.496. The number of likely N-dealkylation sites (N-methyl/N-ethyl adjacent to an activating group) is 1. The zero-order chi connectivity index (χ0) is 14.5. The van der Waals surface area contributed by atoms with Crippen LogP contribution >= 0.6 is 15.9 Å². The molecule has 1 aliphatic rings. The van der Waals surface area contributed by atoms with Gasteiger partial charge in [-0.25, -0.2) is 8.78 Å². The van der Waals surface area contributed by atoms with E-state index in [0.29, 0.717) is 23.4 Å². The number of benzene rings is 1. The van der Waals surface area contributed by atoms with Crippen LogP contribution in [0.15, 0.2) is 16.6 Å². The minimum Gasteiger partial charge on any atom is -0.381 e. The summed E-state index contributed by atoms with van der Waals surface area (Å²) in [4.78, 5) is 0. The molecule has 1 aliphatic heterocycles. The van der Waals surface area contributed by atoms with Gasteiger partial charge in [0.25, 0.3) is 0 Å². The van der Waals surface area contributed by atoms with Crippen molar-refractivity contribution in [1.29, 1.82) is 0 Å². The summed E-state index contributed by atoms with van der Waals surface area (Å²) in [6.07, 6.45) is 2.39. The predicted molar refractivity (Wildman–Crippen MR) is 78.8 cm³/mol. The van der Waals surface area contributed by atoms with Crippen molar-refractivity contribution in [2.75, 3.05) is 19.8 Å². The molecule has 0 aliphatic carbocycles. The van der Waals surface area contributed by atoms with Crippen molar-refractivity contribution in [2.45, 2.75) is 32.2 Å². The maximum Gasteiger partial charge on any atom is 0.143 e. The molecule has 0 saturated carbocycles. The molecule has 112 valence electrons. The quantitative estimate of drug-likeness (QED) is 0.820. The predicted octanol–water partition coefficient (Wildman–Crippen LogP) is 3.67. The van der Waals surface area contributed by atoms with E-state index in [9.17, 15) is 8.78 Å². The molecule has 1 aromatic rings. The van der Waals surface area contributed by atoms with Crippen LogP contribution in [0.3, 0.4) is 0 Å². The molecule has 2 unspecified atom stereocenters. The second-order valence-corrected chi connectivity index (χ2v) is 6.02. The number of hydrogen-bond acceptors (Lipinski definition) is 2. The molecule has 0 amide bonds. The smallest absolute Gasteiger partial charge is 0.143 e. The van der Waals surface area contributed by atoms with Crippen LogP contribution in [-0.4, -0.2) is 25.8 Å². The normalized spacial score (nSPS) is 20.9. The monoisotopic (exact) mass is 347 g/mol. The van der Waals surface area contributed by atoms with Crippen LogP contribution in [0.1, 0.15) is 25.3 Å². The van der Waals surface area contributed by atoms with Gasteiger partial charge in [-0.05, 0) is 59.8 Å². The Morgan fingerprint density at radius 3 is 2.90 bits per heavy atom. The average molecular weight is 348 g/mol. The number of hydrogen-bond donors (Lipinski definition) is 1. The first-order chi connectivity index (χ1) is 9.63. The second-order valence-electron chi connectivity index (χ2n) is 5.17. The molecule has 0 bridgehead atoms. The Morgan fingerprint density at radius 1 is 1.45 bits per heavy atom. The maximum atomic E-state index is 14.1. The molecule has 0 radical (unpaired) electrons. The van der Waals surface area contributed by atoms with E-state index in [0.717, 1.165) is 26.0 Å². The molecule has 1 aromatic carbocycles. The van der Waals surface area contributed by atoms with E-state index in [2.05, 4.69) is 21.2 Å². The second kappa shape index (κ2) is 7.48. The van der Waals surface area contributed by atoms with Gasteiger partial charge in [-0.1, -0.05) is 6.92 Å². The van der Waals surface area contributed by atoms with Crippen LogP contribution in [0.2, 0.25) is 0 Å². The average Bonchev–Trinajstić information content (AvgIpc) is 2.47. The molecular formula is C15H20BrF2NO. The van der Waals surface area contributed by atoms with Gasteiger partial charge >= 0.3 is 0 Å². The molecule has 5 heteroatoms. The van der Waals surface area contributed by atoms with E-state index in [1.165, 1.54) is 12.1 Å². The summed E-state index contributed by atoms with van der Waals surface area (Å²) in [5, 5.41) is 3.35. The lowest BCUT2D eigenvalue weighted by Gasteiger charge is -2.31. The standard InChI is InChI=1S/C15H20BrF2NO/c1-2-19-14(10-4-3-7-20-9-10)8-11-13(17)6-5-12(16)15(11)18/h5-6,10,14,19H,2-4,7-9H2,1H3. The molecule has 0 aromatic heterocycles.